The highest BCUT2D eigenvalue weighted by molar-refractivity contribution is 5.97. The fourth-order valence-electron chi connectivity index (χ4n) is 4.16. The normalized spacial score (nSPS) is 18.4. The van der Waals surface area contributed by atoms with Crippen LogP contribution in [0.1, 0.15) is 48.9 Å². The second-order valence-corrected chi connectivity index (χ2v) is 7.81. The van der Waals surface area contributed by atoms with Gasteiger partial charge in [0.2, 0.25) is 11.9 Å². The van der Waals surface area contributed by atoms with Crippen LogP contribution >= 0.6 is 0 Å². The average Bonchev–Trinajstić information content (AvgIpc) is 3.09. The van der Waals surface area contributed by atoms with Crippen LogP contribution < -0.4 is 14.5 Å². The first-order chi connectivity index (χ1) is 14.2. The van der Waals surface area contributed by atoms with E-state index in [0.717, 1.165) is 57.4 Å². The van der Waals surface area contributed by atoms with Crippen molar-refractivity contribution in [3.8, 4) is 6.01 Å². The molecule has 2 aliphatic rings. The minimum absolute atomic E-state index is 0.0578. The number of methoxy groups -OCH3 is 1. The third kappa shape index (κ3) is 4.66. The van der Waals surface area contributed by atoms with Gasteiger partial charge in [0.05, 0.1) is 7.11 Å². The molecule has 7 heteroatoms. The Labute approximate surface area is 172 Å². The van der Waals surface area contributed by atoms with Crippen LogP contribution in [0.25, 0.3) is 0 Å². The molecule has 154 valence electrons. The van der Waals surface area contributed by atoms with Crippen molar-refractivity contribution in [3.05, 3.63) is 35.9 Å². The Morgan fingerprint density at radius 1 is 0.862 bits per heavy atom. The summed E-state index contributed by atoms with van der Waals surface area (Å²) in [5.74, 6) is 1.66. The first-order valence-corrected chi connectivity index (χ1v) is 10.6. The van der Waals surface area contributed by atoms with Gasteiger partial charge in [-0.25, -0.2) is 0 Å². The molecule has 0 saturated carbocycles. The number of anilines is 2. The van der Waals surface area contributed by atoms with Crippen molar-refractivity contribution in [1.29, 1.82) is 0 Å². The van der Waals surface area contributed by atoms with Crippen LogP contribution in [0.2, 0.25) is 0 Å². The molecule has 29 heavy (non-hydrogen) atoms. The number of aromatic nitrogens is 3. The first-order valence-electron chi connectivity index (χ1n) is 10.6. The molecule has 3 heterocycles. The fourth-order valence-corrected chi connectivity index (χ4v) is 4.16. The number of carbonyl (C=O) groups excluding carboxylic acids is 1. The SMILES string of the molecule is COc1nc(N2CCCCCC2)nc(N2CCC(C(=O)c3ccccc3)CC2)n1. The van der Waals surface area contributed by atoms with E-state index in [1.165, 1.54) is 12.8 Å². The Hall–Kier alpha value is -2.70. The van der Waals surface area contributed by atoms with Crippen LogP contribution in [0, 0.1) is 5.92 Å². The lowest BCUT2D eigenvalue weighted by atomic mass is 9.89. The molecule has 1 aromatic carbocycles. The number of ketones is 1. The predicted molar refractivity (Wildman–Crippen MR) is 113 cm³/mol. The molecular weight excluding hydrogens is 366 g/mol. The van der Waals surface area contributed by atoms with Gasteiger partial charge in [0.1, 0.15) is 0 Å². The maximum atomic E-state index is 12.8. The van der Waals surface area contributed by atoms with Crippen molar-refractivity contribution in [1.82, 2.24) is 15.0 Å². The van der Waals surface area contributed by atoms with Crippen molar-refractivity contribution >= 4 is 17.7 Å². The lowest BCUT2D eigenvalue weighted by Crippen LogP contribution is -2.38. The highest BCUT2D eigenvalue weighted by atomic mass is 16.5. The lowest BCUT2D eigenvalue weighted by molar-refractivity contribution is 0.0900. The summed E-state index contributed by atoms with van der Waals surface area (Å²) in [7, 11) is 1.59. The lowest BCUT2D eigenvalue weighted by Gasteiger charge is -2.32. The van der Waals surface area contributed by atoms with Crippen molar-refractivity contribution in [2.45, 2.75) is 38.5 Å². The minimum Gasteiger partial charge on any atom is -0.467 e. The van der Waals surface area contributed by atoms with Gasteiger partial charge in [0.15, 0.2) is 5.78 Å². The van der Waals surface area contributed by atoms with Gasteiger partial charge in [-0.1, -0.05) is 43.2 Å². The number of rotatable bonds is 5. The van der Waals surface area contributed by atoms with E-state index in [1.54, 1.807) is 7.11 Å². The van der Waals surface area contributed by atoms with E-state index in [9.17, 15) is 4.79 Å². The van der Waals surface area contributed by atoms with Crippen molar-refractivity contribution in [2.24, 2.45) is 5.92 Å². The molecule has 1 aromatic heterocycles. The molecule has 0 unspecified atom stereocenters. The van der Waals surface area contributed by atoms with E-state index in [2.05, 4.69) is 19.8 Å². The molecule has 7 nitrogen and oxygen atoms in total. The number of ether oxygens (including phenoxy) is 1. The van der Waals surface area contributed by atoms with Crippen LogP contribution in [0.3, 0.4) is 0 Å². The summed E-state index contributed by atoms with van der Waals surface area (Å²) < 4.78 is 5.36. The van der Waals surface area contributed by atoms with Crippen LogP contribution in [0.15, 0.2) is 30.3 Å². The summed E-state index contributed by atoms with van der Waals surface area (Å²) in [4.78, 5) is 30.9. The quantitative estimate of drug-likeness (QED) is 0.719. The predicted octanol–water partition coefficient (Wildman–Crippen LogP) is 3.36. The van der Waals surface area contributed by atoms with E-state index in [1.807, 2.05) is 30.3 Å². The molecule has 0 bridgehead atoms. The first kappa shape index (κ1) is 19.6. The third-order valence-electron chi connectivity index (χ3n) is 5.87. The number of piperidine rings is 1. The molecule has 2 fully saturated rings. The van der Waals surface area contributed by atoms with Gasteiger partial charge in [0, 0.05) is 37.7 Å². The van der Waals surface area contributed by atoms with Gasteiger partial charge in [-0.15, -0.1) is 0 Å². The number of hydrogen-bond donors (Lipinski definition) is 0. The summed E-state index contributed by atoms with van der Waals surface area (Å²) in [6.07, 6.45) is 6.46. The Kier molecular flexibility index (Phi) is 6.22. The summed E-state index contributed by atoms with van der Waals surface area (Å²) in [6, 6.07) is 9.94. The number of nitrogens with zero attached hydrogens (tertiary/aromatic N) is 5. The molecular formula is C22H29N5O2. The smallest absolute Gasteiger partial charge is 0.322 e. The number of benzene rings is 1. The number of Topliss-reactive ketones (excluding diaryl/α,β-unsaturated/α-hetero) is 1. The second-order valence-electron chi connectivity index (χ2n) is 7.81. The van der Waals surface area contributed by atoms with E-state index >= 15 is 0 Å². The van der Waals surface area contributed by atoms with Gasteiger partial charge < -0.3 is 14.5 Å². The zero-order valence-corrected chi connectivity index (χ0v) is 17.1. The molecule has 2 aliphatic heterocycles. The zero-order chi connectivity index (χ0) is 20.1. The third-order valence-corrected chi connectivity index (χ3v) is 5.87. The average molecular weight is 396 g/mol. The Morgan fingerprint density at radius 2 is 1.45 bits per heavy atom. The largest absolute Gasteiger partial charge is 0.467 e. The maximum Gasteiger partial charge on any atom is 0.322 e. The number of hydrogen-bond acceptors (Lipinski definition) is 7. The molecule has 0 atom stereocenters. The Balaban J connectivity index is 1.46. The van der Waals surface area contributed by atoms with Crippen LogP contribution in [-0.2, 0) is 0 Å². The minimum atomic E-state index is 0.0578. The van der Waals surface area contributed by atoms with Crippen LogP contribution in [-0.4, -0.2) is 54.0 Å². The van der Waals surface area contributed by atoms with Crippen molar-refractivity contribution in [2.75, 3.05) is 43.1 Å². The summed E-state index contributed by atoms with van der Waals surface area (Å²) in [6.45, 7) is 3.46. The Bertz CT molecular complexity index is 813. The van der Waals surface area contributed by atoms with Crippen LogP contribution in [0.4, 0.5) is 11.9 Å². The Morgan fingerprint density at radius 3 is 2.03 bits per heavy atom. The highest BCUT2D eigenvalue weighted by Crippen LogP contribution is 2.26. The van der Waals surface area contributed by atoms with Gasteiger partial charge in [-0.2, -0.15) is 15.0 Å². The van der Waals surface area contributed by atoms with Gasteiger partial charge in [-0.05, 0) is 25.7 Å². The second kappa shape index (κ2) is 9.20. The highest BCUT2D eigenvalue weighted by Gasteiger charge is 2.28. The molecule has 2 saturated heterocycles. The van der Waals surface area contributed by atoms with Crippen LogP contribution in [0.5, 0.6) is 6.01 Å². The summed E-state index contributed by atoms with van der Waals surface area (Å²) in [5.41, 5.74) is 0.802. The zero-order valence-electron chi connectivity index (χ0n) is 17.1. The summed E-state index contributed by atoms with van der Waals surface area (Å²) >= 11 is 0. The van der Waals surface area contributed by atoms with Crippen molar-refractivity contribution in [3.63, 3.8) is 0 Å². The van der Waals surface area contributed by atoms with E-state index in [4.69, 9.17) is 9.72 Å². The number of carbonyl (C=O) groups is 1. The van der Waals surface area contributed by atoms with E-state index < -0.39 is 0 Å². The molecule has 4 rings (SSSR count). The molecule has 0 aliphatic carbocycles. The standard InChI is InChI=1S/C22H29N5O2/c1-29-22-24-20(26-13-7-2-3-8-14-26)23-21(25-22)27-15-11-18(12-16-27)19(28)17-9-5-4-6-10-17/h4-6,9-10,18H,2-3,7-8,11-16H2,1H3. The molecule has 0 radical (unpaired) electrons. The maximum absolute atomic E-state index is 12.8. The monoisotopic (exact) mass is 395 g/mol. The van der Waals surface area contributed by atoms with Crippen molar-refractivity contribution < 1.29 is 9.53 Å². The fraction of sp³-hybridized carbons (Fsp3) is 0.545. The molecule has 0 amide bonds. The molecule has 0 spiro atoms. The summed E-state index contributed by atoms with van der Waals surface area (Å²) in [5, 5.41) is 0. The van der Waals surface area contributed by atoms with E-state index in [-0.39, 0.29) is 11.7 Å². The van der Waals surface area contributed by atoms with Gasteiger partial charge in [-0.3, -0.25) is 4.79 Å². The van der Waals surface area contributed by atoms with Gasteiger partial charge >= 0.3 is 6.01 Å². The molecule has 2 aromatic rings. The van der Waals surface area contributed by atoms with Gasteiger partial charge in [0.25, 0.3) is 0 Å². The molecule has 0 N–H and O–H groups in total. The van der Waals surface area contributed by atoms with E-state index in [0.29, 0.717) is 17.9 Å². The topological polar surface area (TPSA) is 71.5 Å².